The number of carbonyl (C=O) groups excluding carboxylic acids is 1. The number of amides is 1. The fourth-order valence-corrected chi connectivity index (χ4v) is 2.71. The van der Waals surface area contributed by atoms with Crippen molar-refractivity contribution in [3.05, 3.63) is 64.1 Å². The number of nitrogens with zero attached hydrogens (tertiary/aromatic N) is 1. The molecular formula is C19H20BrN3O. The quantitative estimate of drug-likeness (QED) is 0.819. The van der Waals surface area contributed by atoms with E-state index >= 15 is 0 Å². The van der Waals surface area contributed by atoms with Gasteiger partial charge in [0.15, 0.2) is 0 Å². The number of benzene rings is 2. The van der Waals surface area contributed by atoms with Gasteiger partial charge < -0.3 is 10.6 Å². The predicted octanol–water partition coefficient (Wildman–Crippen LogP) is 4.39. The number of nitrogens with one attached hydrogen (secondary N) is 2. The van der Waals surface area contributed by atoms with Gasteiger partial charge in [0.1, 0.15) is 12.1 Å². The molecule has 0 radical (unpaired) electrons. The summed E-state index contributed by atoms with van der Waals surface area (Å²) in [6.45, 7) is 5.81. The number of hydrogen-bond donors (Lipinski definition) is 2. The first-order valence-corrected chi connectivity index (χ1v) is 8.42. The van der Waals surface area contributed by atoms with Crippen molar-refractivity contribution in [2.24, 2.45) is 0 Å². The maximum atomic E-state index is 12.8. The van der Waals surface area contributed by atoms with E-state index in [4.69, 9.17) is 0 Å². The summed E-state index contributed by atoms with van der Waals surface area (Å²) in [7, 11) is 0. The van der Waals surface area contributed by atoms with Crippen LogP contribution >= 0.6 is 15.9 Å². The van der Waals surface area contributed by atoms with Crippen LogP contribution in [0.1, 0.15) is 37.9 Å². The van der Waals surface area contributed by atoms with E-state index in [0.717, 1.165) is 10.0 Å². The van der Waals surface area contributed by atoms with Crippen LogP contribution in [-0.2, 0) is 4.79 Å². The van der Waals surface area contributed by atoms with E-state index in [1.165, 1.54) is 0 Å². The first-order chi connectivity index (χ1) is 11.3. The van der Waals surface area contributed by atoms with Crippen molar-refractivity contribution in [2.75, 3.05) is 5.32 Å². The molecule has 4 nitrogen and oxygen atoms in total. The molecule has 2 N–H and O–H groups in total. The van der Waals surface area contributed by atoms with Crippen molar-refractivity contribution in [1.82, 2.24) is 5.32 Å². The van der Waals surface area contributed by atoms with Crippen molar-refractivity contribution in [3.63, 3.8) is 0 Å². The Labute approximate surface area is 151 Å². The summed E-state index contributed by atoms with van der Waals surface area (Å²) in [5, 5.41) is 15.5. The molecule has 1 atom stereocenters. The zero-order valence-corrected chi connectivity index (χ0v) is 15.5. The van der Waals surface area contributed by atoms with E-state index in [9.17, 15) is 10.1 Å². The molecule has 2 aromatic carbocycles. The van der Waals surface area contributed by atoms with Crippen LogP contribution in [0, 0.1) is 11.3 Å². The number of hydrogen-bond acceptors (Lipinski definition) is 3. The van der Waals surface area contributed by atoms with Crippen LogP contribution in [0.25, 0.3) is 0 Å². The molecule has 5 heteroatoms. The lowest BCUT2D eigenvalue weighted by atomic mass is 10.0. The van der Waals surface area contributed by atoms with Gasteiger partial charge in [-0.15, -0.1) is 0 Å². The van der Waals surface area contributed by atoms with Crippen LogP contribution in [0.3, 0.4) is 0 Å². The normalized spacial score (nSPS) is 12.1. The van der Waals surface area contributed by atoms with Crippen LogP contribution in [-0.4, -0.2) is 11.4 Å². The zero-order chi connectivity index (χ0) is 17.7. The van der Waals surface area contributed by atoms with Gasteiger partial charge >= 0.3 is 0 Å². The molecule has 0 aliphatic heterocycles. The molecule has 0 saturated heterocycles. The average molecular weight is 386 g/mol. The standard InChI is InChI=1S/C19H20BrN3O/c1-19(2,3)23-18(24)17(13-8-6-9-15(20)11-13)22-16-10-5-4-7-14(16)12-21/h4-11,17,22H,1-3H3,(H,23,24). The number of rotatable bonds is 4. The highest BCUT2D eigenvalue weighted by atomic mass is 79.9. The Morgan fingerprint density at radius 2 is 1.88 bits per heavy atom. The van der Waals surface area contributed by atoms with Crippen LogP contribution < -0.4 is 10.6 Å². The molecule has 0 aliphatic carbocycles. The van der Waals surface area contributed by atoms with E-state index in [1.54, 1.807) is 18.2 Å². The number of nitriles is 1. The molecule has 1 amide bonds. The first kappa shape index (κ1) is 18.0. The predicted molar refractivity (Wildman–Crippen MR) is 99.6 cm³/mol. The summed E-state index contributed by atoms with van der Waals surface area (Å²) in [6, 6.07) is 16.3. The molecular weight excluding hydrogens is 366 g/mol. The topological polar surface area (TPSA) is 64.9 Å². The van der Waals surface area contributed by atoms with Crippen LogP contribution in [0.2, 0.25) is 0 Å². The molecule has 2 rings (SSSR count). The van der Waals surface area contributed by atoms with E-state index in [0.29, 0.717) is 11.3 Å². The monoisotopic (exact) mass is 385 g/mol. The van der Waals surface area contributed by atoms with Gasteiger partial charge in [-0.2, -0.15) is 5.26 Å². The number of halogens is 1. The molecule has 0 aliphatic rings. The molecule has 0 saturated carbocycles. The van der Waals surface area contributed by atoms with Crippen molar-refractivity contribution < 1.29 is 4.79 Å². The van der Waals surface area contributed by atoms with Crippen LogP contribution in [0.4, 0.5) is 5.69 Å². The van der Waals surface area contributed by atoms with Gasteiger partial charge in [-0.25, -0.2) is 0 Å². The van der Waals surface area contributed by atoms with Gasteiger partial charge in [0.2, 0.25) is 5.91 Å². The summed E-state index contributed by atoms with van der Waals surface area (Å²) < 4.78 is 0.893. The lowest BCUT2D eigenvalue weighted by Crippen LogP contribution is -2.44. The smallest absolute Gasteiger partial charge is 0.247 e. The Morgan fingerprint density at radius 3 is 2.50 bits per heavy atom. The molecule has 2 aromatic rings. The Balaban J connectivity index is 2.39. The summed E-state index contributed by atoms with van der Waals surface area (Å²) in [6.07, 6.45) is 0. The third-order valence-electron chi connectivity index (χ3n) is 3.29. The Bertz CT molecular complexity index is 775. The van der Waals surface area contributed by atoms with E-state index in [-0.39, 0.29) is 11.4 Å². The molecule has 124 valence electrons. The minimum absolute atomic E-state index is 0.145. The van der Waals surface area contributed by atoms with Crippen molar-refractivity contribution in [3.8, 4) is 6.07 Å². The van der Waals surface area contributed by atoms with Crippen LogP contribution in [0.5, 0.6) is 0 Å². The zero-order valence-electron chi connectivity index (χ0n) is 13.9. The Hall–Kier alpha value is -2.32. The van der Waals surface area contributed by atoms with Gasteiger partial charge in [0, 0.05) is 10.0 Å². The molecule has 1 unspecified atom stereocenters. The minimum atomic E-state index is -0.601. The van der Waals surface area contributed by atoms with Gasteiger partial charge in [-0.05, 0) is 50.6 Å². The number of anilines is 1. The molecule has 0 bridgehead atoms. The lowest BCUT2D eigenvalue weighted by Gasteiger charge is -2.26. The van der Waals surface area contributed by atoms with Gasteiger partial charge in [-0.3, -0.25) is 4.79 Å². The molecule has 0 spiro atoms. The Kier molecular flexibility index (Phi) is 5.63. The minimum Gasteiger partial charge on any atom is -0.369 e. The fraction of sp³-hybridized carbons (Fsp3) is 0.263. The van der Waals surface area contributed by atoms with E-state index in [1.807, 2.05) is 51.1 Å². The second kappa shape index (κ2) is 7.50. The highest BCUT2D eigenvalue weighted by Crippen LogP contribution is 2.25. The van der Waals surface area contributed by atoms with Crippen molar-refractivity contribution >= 4 is 27.5 Å². The third kappa shape index (κ3) is 4.84. The second-order valence-electron chi connectivity index (χ2n) is 6.53. The number of para-hydroxylation sites is 1. The van der Waals surface area contributed by atoms with Crippen LogP contribution in [0.15, 0.2) is 53.0 Å². The van der Waals surface area contributed by atoms with Gasteiger partial charge in [-0.1, -0.05) is 40.2 Å². The van der Waals surface area contributed by atoms with Crippen molar-refractivity contribution in [2.45, 2.75) is 32.4 Å². The van der Waals surface area contributed by atoms with Crippen molar-refractivity contribution in [1.29, 1.82) is 5.26 Å². The summed E-state index contributed by atoms with van der Waals surface area (Å²) in [4.78, 5) is 12.8. The van der Waals surface area contributed by atoms with E-state index < -0.39 is 6.04 Å². The Morgan fingerprint density at radius 1 is 1.17 bits per heavy atom. The molecule has 24 heavy (non-hydrogen) atoms. The molecule has 0 heterocycles. The first-order valence-electron chi connectivity index (χ1n) is 7.63. The SMILES string of the molecule is CC(C)(C)NC(=O)C(Nc1ccccc1C#N)c1cccc(Br)c1. The maximum absolute atomic E-state index is 12.8. The average Bonchev–Trinajstić information content (AvgIpc) is 2.51. The fourth-order valence-electron chi connectivity index (χ4n) is 2.29. The van der Waals surface area contributed by atoms with Gasteiger partial charge in [0.05, 0.1) is 11.3 Å². The molecule has 0 fully saturated rings. The van der Waals surface area contributed by atoms with Gasteiger partial charge in [0.25, 0.3) is 0 Å². The number of carbonyl (C=O) groups is 1. The summed E-state index contributed by atoms with van der Waals surface area (Å²) in [5.74, 6) is -0.145. The summed E-state index contributed by atoms with van der Waals surface area (Å²) >= 11 is 3.44. The third-order valence-corrected chi connectivity index (χ3v) is 3.78. The second-order valence-corrected chi connectivity index (χ2v) is 7.44. The maximum Gasteiger partial charge on any atom is 0.247 e. The highest BCUT2D eigenvalue weighted by Gasteiger charge is 2.25. The highest BCUT2D eigenvalue weighted by molar-refractivity contribution is 9.10. The lowest BCUT2D eigenvalue weighted by molar-refractivity contribution is -0.123. The summed E-state index contributed by atoms with van der Waals surface area (Å²) in [5.41, 5.74) is 1.60. The van der Waals surface area contributed by atoms with E-state index in [2.05, 4.69) is 32.6 Å². The molecule has 0 aromatic heterocycles. The largest absolute Gasteiger partial charge is 0.369 e.